The Balaban J connectivity index is 1.73. The highest BCUT2D eigenvalue weighted by molar-refractivity contribution is 5.68. The average Bonchev–Trinajstić information content (AvgIpc) is 2.31. The summed E-state index contributed by atoms with van der Waals surface area (Å²) in [7, 11) is 1.87. The maximum absolute atomic E-state index is 12.1. The average molecular weight is 282 g/mol. The van der Waals surface area contributed by atoms with Crippen molar-refractivity contribution in [3.8, 4) is 0 Å². The lowest BCUT2D eigenvalue weighted by atomic mass is 9.87. The van der Waals surface area contributed by atoms with Crippen LogP contribution < -0.4 is 5.32 Å². The molecule has 0 saturated heterocycles. The molecule has 0 radical (unpaired) electrons. The molecule has 2 aliphatic carbocycles. The van der Waals surface area contributed by atoms with E-state index in [-0.39, 0.29) is 6.09 Å². The predicted octanol–water partition coefficient (Wildman–Crippen LogP) is 3.31. The zero-order valence-corrected chi connectivity index (χ0v) is 13.4. The Hall–Kier alpha value is -0.770. The number of nitrogens with zero attached hydrogens (tertiary/aromatic N) is 1. The fraction of sp³-hybridized carbons (Fsp3) is 0.938. The Morgan fingerprint density at radius 3 is 2.05 bits per heavy atom. The molecule has 0 aromatic rings. The molecule has 0 unspecified atom stereocenters. The van der Waals surface area contributed by atoms with E-state index in [0.717, 1.165) is 18.9 Å². The van der Waals surface area contributed by atoms with Gasteiger partial charge in [0.15, 0.2) is 0 Å². The number of hydrogen-bond donors (Lipinski definition) is 1. The summed E-state index contributed by atoms with van der Waals surface area (Å²) >= 11 is 0. The van der Waals surface area contributed by atoms with Crippen LogP contribution in [0, 0.1) is 0 Å². The van der Waals surface area contributed by atoms with Crippen molar-refractivity contribution in [3.05, 3.63) is 0 Å². The van der Waals surface area contributed by atoms with Crippen LogP contribution in [0.5, 0.6) is 0 Å². The number of amides is 1. The SMILES string of the molecule is CN(C(=O)OC(C)(C)C)C1CCC(NC2CCC2)CC1. The molecule has 0 aromatic carbocycles. The van der Waals surface area contributed by atoms with Crippen LogP contribution in [0.1, 0.15) is 65.7 Å². The molecule has 0 aromatic heterocycles. The van der Waals surface area contributed by atoms with Gasteiger partial charge in [0, 0.05) is 25.2 Å². The van der Waals surface area contributed by atoms with E-state index in [9.17, 15) is 4.79 Å². The van der Waals surface area contributed by atoms with Crippen molar-refractivity contribution in [1.29, 1.82) is 0 Å². The van der Waals surface area contributed by atoms with Crippen LogP contribution in [0.25, 0.3) is 0 Å². The second-order valence-corrected chi connectivity index (χ2v) is 7.39. The van der Waals surface area contributed by atoms with Gasteiger partial charge in [-0.1, -0.05) is 6.42 Å². The van der Waals surface area contributed by atoms with Crippen molar-refractivity contribution in [2.45, 2.75) is 89.4 Å². The number of carbonyl (C=O) groups excluding carboxylic acids is 1. The van der Waals surface area contributed by atoms with Crippen LogP contribution in [0.15, 0.2) is 0 Å². The van der Waals surface area contributed by atoms with Crippen molar-refractivity contribution < 1.29 is 9.53 Å². The molecule has 4 heteroatoms. The molecule has 0 heterocycles. The second-order valence-electron chi connectivity index (χ2n) is 7.39. The summed E-state index contributed by atoms with van der Waals surface area (Å²) in [6.07, 6.45) is 8.40. The lowest BCUT2D eigenvalue weighted by molar-refractivity contribution is 0.0176. The van der Waals surface area contributed by atoms with Crippen LogP contribution in [0.3, 0.4) is 0 Å². The molecule has 0 spiro atoms. The van der Waals surface area contributed by atoms with Crippen molar-refractivity contribution in [2.75, 3.05) is 7.05 Å². The summed E-state index contributed by atoms with van der Waals surface area (Å²) in [5.41, 5.74) is -0.408. The monoisotopic (exact) mass is 282 g/mol. The zero-order chi connectivity index (χ0) is 14.8. The molecule has 2 fully saturated rings. The number of rotatable bonds is 3. The van der Waals surface area contributed by atoms with E-state index in [1.807, 2.05) is 27.8 Å². The van der Waals surface area contributed by atoms with Gasteiger partial charge < -0.3 is 15.0 Å². The van der Waals surface area contributed by atoms with Gasteiger partial charge in [0.2, 0.25) is 0 Å². The Morgan fingerprint density at radius 2 is 1.60 bits per heavy atom. The zero-order valence-electron chi connectivity index (χ0n) is 13.4. The van der Waals surface area contributed by atoms with Gasteiger partial charge in [0.05, 0.1) is 0 Å². The third-order valence-electron chi connectivity index (χ3n) is 4.50. The Morgan fingerprint density at radius 1 is 1.05 bits per heavy atom. The molecule has 2 rings (SSSR count). The number of carbonyl (C=O) groups is 1. The Labute approximate surface area is 123 Å². The highest BCUT2D eigenvalue weighted by Gasteiger charge is 2.30. The van der Waals surface area contributed by atoms with Gasteiger partial charge in [-0.2, -0.15) is 0 Å². The predicted molar refractivity (Wildman–Crippen MR) is 80.8 cm³/mol. The maximum atomic E-state index is 12.1. The smallest absolute Gasteiger partial charge is 0.410 e. The first kappa shape index (κ1) is 15.6. The maximum Gasteiger partial charge on any atom is 0.410 e. The quantitative estimate of drug-likeness (QED) is 0.863. The molecule has 0 aliphatic heterocycles. The summed E-state index contributed by atoms with van der Waals surface area (Å²) in [5, 5.41) is 3.75. The van der Waals surface area contributed by atoms with Gasteiger partial charge in [0.1, 0.15) is 5.60 Å². The largest absolute Gasteiger partial charge is 0.444 e. The van der Waals surface area contributed by atoms with E-state index in [4.69, 9.17) is 4.74 Å². The molecular formula is C16H30N2O2. The van der Waals surface area contributed by atoms with Crippen molar-refractivity contribution in [1.82, 2.24) is 10.2 Å². The Kier molecular flexibility index (Phi) is 4.95. The normalized spacial score (nSPS) is 27.8. The molecule has 2 aliphatic rings. The first-order valence-corrected chi connectivity index (χ1v) is 8.07. The summed E-state index contributed by atoms with van der Waals surface area (Å²) in [6.45, 7) is 5.74. The minimum atomic E-state index is -0.408. The lowest BCUT2D eigenvalue weighted by Gasteiger charge is -2.38. The van der Waals surface area contributed by atoms with Crippen LogP contribution >= 0.6 is 0 Å². The van der Waals surface area contributed by atoms with E-state index in [1.54, 1.807) is 4.90 Å². The first-order valence-electron chi connectivity index (χ1n) is 8.07. The summed E-state index contributed by atoms with van der Waals surface area (Å²) < 4.78 is 5.44. The van der Waals surface area contributed by atoms with E-state index >= 15 is 0 Å². The van der Waals surface area contributed by atoms with E-state index in [0.29, 0.717) is 12.1 Å². The highest BCUT2D eigenvalue weighted by Crippen LogP contribution is 2.26. The summed E-state index contributed by atoms with van der Waals surface area (Å²) in [4.78, 5) is 13.9. The van der Waals surface area contributed by atoms with Gasteiger partial charge >= 0.3 is 6.09 Å². The molecule has 0 bridgehead atoms. The molecule has 4 nitrogen and oxygen atoms in total. The van der Waals surface area contributed by atoms with Gasteiger partial charge in [-0.3, -0.25) is 0 Å². The fourth-order valence-electron chi connectivity index (χ4n) is 3.02. The number of hydrogen-bond acceptors (Lipinski definition) is 3. The number of ether oxygens (including phenoxy) is 1. The van der Waals surface area contributed by atoms with Crippen LogP contribution in [-0.2, 0) is 4.74 Å². The fourth-order valence-corrected chi connectivity index (χ4v) is 3.02. The number of nitrogens with one attached hydrogen (secondary N) is 1. The molecule has 1 amide bonds. The molecular weight excluding hydrogens is 252 g/mol. The van der Waals surface area contributed by atoms with Gasteiger partial charge in [-0.15, -0.1) is 0 Å². The third kappa shape index (κ3) is 4.37. The van der Waals surface area contributed by atoms with Crippen molar-refractivity contribution in [3.63, 3.8) is 0 Å². The van der Waals surface area contributed by atoms with Gasteiger partial charge in [-0.05, 0) is 59.3 Å². The van der Waals surface area contributed by atoms with Crippen LogP contribution in [0.4, 0.5) is 4.79 Å². The lowest BCUT2D eigenvalue weighted by Crippen LogP contribution is -2.48. The first-order chi connectivity index (χ1) is 9.35. The standard InChI is InChI=1S/C16H30N2O2/c1-16(2,3)20-15(19)18(4)14-10-8-13(9-11-14)17-12-6-5-7-12/h12-14,17H,5-11H2,1-4H3. The van der Waals surface area contributed by atoms with Gasteiger partial charge in [0.25, 0.3) is 0 Å². The van der Waals surface area contributed by atoms with E-state index < -0.39 is 5.60 Å². The van der Waals surface area contributed by atoms with Crippen LogP contribution in [-0.4, -0.2) is 41.8 Å². The summed E-state index contributed by atoms with van der Waals surface area (Å²) in [6, 6.07) is 1.76. The van der Waals surface area contributed by atoms with Gasteiger partial charge in [-0.25, -0.2) is 4.79 Å². The highest BCUT2D eigenvalue weighted by atomic mass is 16.6. The van der Waals surface area contributed by atoms with Crippen molar-refractivity contribution in [2.24, 2.45) is 0 Å². The second kappa shape index (κ2) is 6.33. The minimum Gasteiger partial charge on any atom is -0.444 e. The van der Waals surface area contributed by atoms with Crippen LogP contribution in [0.2, 0.25) is 0 Å². The topological polar surface area (TPSA) is 41.6 Å². The Bertz CT molecular complexity index is 326. The summed E-state index contributed by atoms with van der Waals surface area (Å²) in [5.74, 6) is 0. The molecule has 116 valence electrons. The minimum absolute atomic E-state index is 0.187. The third-order valence-corrected chi connectivity index (χ3v) is 4.50. The molecule has 0 atom stereocenters. The van der Waals surface area contributed by atoms with E-state index in [2.05, 4.69) is 5.32 Å². The molecule has 1 N–H and O–H groups in total. The molecule has 20 heavy (non-hydrogen) atoms. The van der Waals surface area contributed by atoms with Crippen molar-refractivity contribution >= 4 is 6.09 Å². The molecule has 2 saturated carbocycles. The van der Waals surface area contributed by atoms with E-state index in [1.165, 1.54) is 32.1 Å².